The lowest BCUT2D eigenvalue weighted by Crippen LogP contribution is -2.22. The van der Waals surface area contributed by atoms with Gasteiger partial charge in [0.15, 0.2) is 0 Å². The van der Waals surface area contributed by atoms with Crippen molar-refractivity contribution in [2.45, 2.75) is 13.1 Å². The maximum absolute atomic E-state index is 12.2. The molecule has 0 fully saturated rings. The molecule has 3 aromatic rings. The molecule has 0 saturated heterocycles. The first kappa shape index (κ1) is 12.1. The Morgan fingerprint density at radius 2 is 2.05 bits per heavy atom. The molecule has 5 nitrogen and oxygen atoms in total. The highest BCUT2D eigenvalue weighted by Gasteiger charge is 2.03. The van der Waals surface area contributed by atoms with Crippen molar-refractivity contribution in [3.05, 3.63) is 57.8 Å². The zero-order valence-corrected chi connectivity index (χ0v) is 11.6. The fourth-order valence-corrected chi connectivity index (χ4v) is 2.26. The molecular weight excluding hydrogens is 308 g/mol. The lowest BCUT2D eigenvalue weighted by molar-refractivity contribution is 0.521. The van der Waals surface area contributed by atoms with Gasteiger partial charge in [0.1, 0.15) is 0 Å². The molecule has 0 aliphatic rings. The number of benzene rings is 1. The molecule has 0 spiro atoms. The second-order valence-corrected chi connectivity index (χ2v) is 5.10. The van der Waals surface area contributed by atoms with Crippen LogP contribution in [-0.4, -0.2) is 19.3 Å². The van der Waals surface area contributed by atoms with E-state index in [0.717, 1.165) is 9.99 Å². The summed E-state index contributed by atoms with van der Waals surface area (Å²) in [5, 5.41) is 4.80. The molecule has 0 aliphatic heterocycles. The largest absolute Gasteiger partial charge is 0.297 e. The maximum atomic E-state index is 12.2. The van der Waals surface area contributed by atoms with Crippen molar-refractivity contribution in [2.24, 2.45) is 0 Å². The lowest BCUT2D eigenvalue weighted by atomic mass is 10.2. The van der Waals surface area contributed by atoms with Crippen molar-refractivity contribution in [2.75, 3.05) is 0 Å². The van der Waals surface area contributed by atoms with Gasteiger partial charge in [-0.2, -0.15) is 5.10 Å². The molecular formula is C13H11BrN4O. The summed E-state index contributed by atoms with van der Waals surface area (Å²) in [6.07, 6.45) is 5.18. The molecule has 0 amide bonds. The van der Waals surface area contributed by atoms with Gasteiger partial charge in [-0.3, -0.25) is 14.0 Å². The predicted molar refractivity (Wildman–Crippen MR) is 75.9 cm³/mol. The van der Waals surface area contributed by atoms with E-state index in [1.165, 1.54) is 0 Å². The van der Waals surface area contributed by atoms with E-state index in [2.05, 4.69) is 26.0 Å². The third-order valence-electron chi connectivity index (χ3n) is 2.90. The van der Waals surface area contributed by atoms with E-state index in [4.69, 9.17) is 0 Å². The summed E-state index contributed by atoms with van der Waals surface area (Å²) in [5.74, 6) is 0. The van der Waals surface area contributed by atoms with Crippen LogP contribution in [-0.2, 0) is 13.1 Å². The Labute approximate surface area is 117 Å². The molecule has 0 bridgehead atoms. The minimum Gasteiger partial charge on any atom is -0.297 e. The average molecular weight is 319 g/mol. The van der Waals surface area contributed by atoms with Crippen molar-refractivity contribution in [3.63, 3.8) is 0 Å². The third-order valence-corrected chi connectivity index (χ3v) is 3.31. The Balaban J connectivity index is 1.89. The fourth-order valence-electron chi connectivity index (χ4n) is 1.94. The van der Waals surface area contributed by atoms with Crippen LogP contribution in [0, 0.1) is 0 Å². The van der Waals surface area contributed by atoms with Crippen molar-refractivity contribution in [1.29, 1.82) is 0 Å². The maximum Gasteiger partial charge on any atom is 0.261 e. The van der Waals surface area contributed by atoms with E-state index < -0.39 is 0 Å². The van der Waals surface area contributed by atoms with Gasteiger partial charge < -0.3 is 0 Å². The van der Waals surface area contributed by atoms with Crippen molar-refractivity contribution >= 4 is 26.8 Å². The summed E-state index contributed by atoms with van der Waals surface area (Å²) in [4.78, 5) is 16.5. The second-order valence-electron chi connectivity index (χ2n) is 4.18. The van der Waals surface area contributed by atoms with E-state index in [1.54, 1.807) is 27.8 Å². The van der Waals surface area contributed by atoms with Crippen LogP contribution >= 0.6 is 15.9 Å². The van der Waals surface area contributed by atoms with E-state index in [9.17, 15) is 4.79 Å². The van der Waals surface area contributed by atoms with Crippen LogP contribution in [0.15, 0.2) is 52.3 Å². The zero-order valence-electron chi connectivity index (χ0n) is 10.0. The van der Waals surface area contributed by atoms with Crippen LogP contribution in [0.3, 0.4) is 0 Å². The number of para-hydroxylation sites is 1. The van der Waals surface area contributed by atoms with Crippen molar-refractivity contribution in [1.82, 2.24) is 19.3 Å². The number of rotatable bonds is 3. The third kappa shape index (κ3) is 2.44. The lowest BCUT2D eigenvalue weighted by Gasteiger charge is -2.06. The van der Waals surface area contributed by atoms with E-state index in [0.29, 0.717) is 18.5 Å². The SMILES string of the molecule is O=c1c2ccccc2ncn1CCn1cc(Br)cn1. The highest BCUT2D eigenvalue weighted by Crippen LogP contribution is 2.07. The van der Waals surface area contributed by atoms with Crippen LogP contribution in [0.25, 0.3) is 10.9 Å². The quantitative estimate of drug-likeness (QED) is 0.742. The van der Waals surface area contributed by atoms with Gasteiger partial charge in [0, 0.05) is 12.7 Å². The summed E-state index contributed by atoms with van der Waals surface area (Å²) in [6.45, 7) is 1.18. The molecule has 0 saturated carbocycles. The molecule has 1 aromatic carbocycles. The smallest absolute Gasteiger partial charge is 0.261 e. The number of hydrogen-bond acceptors (Lipinski definition) is 3. The van der Waals surface area contributed by atoms with Gasteiger partial charge in [0.2, 0.25) is 0 Å². The highest BCUT2D eigenvalue weighted by molar-refractivity contribution is 9.10. The molecule has 2 heterocycles. The van der Waals surface area contributed by atoms with Gasteiger partial charge in [0.05, 0.1) is 34.4 Å². The van der Waals surface area contributed by atoms with Gasteiger partial charge in [0.25, 0.3) is 5.56 Å². The monoisotopic (exact) mass is 318 g/mol. The normalized spacial score (nSPS) is 11.0. The van der Waals surface area contributed by atoms with Crippen LogP contribution in [0.1, 0.15) is 0 Å². The summed E-state index contributed by atoms with van der Waals surface area (Å²) < 4.78 is 4.32. The topological polar surface area (TPSA) is 52.7 Å². The van der Waals surface area contributed by atoms with Crippen LogP contribution < -0.4 is 5.56 Å². The van der Waals surface area contributed by atoms with Gasteiger partial charge in [-0.05, 0) is 28.1 Å². The van der Waals surface area contributed by atoms with Crippen molar-refractivity contribution in [3.8, 4) is 0 Å². The van der Waals surface area contributed by atoms with Gasteiger partial charge >= 0.3 is 0 Å². The predicted octanol–water partition coefficient (Wildman–Crippen LogP) is 2.06. The summed E-state index contributed by atoms with van der Waals surface area (Å²) >= 11 is 3.34. The Kier molecular flexibility index (Phi) is 3.16. The summed E-state index contributed by atoms with van der Waals surface area (Å²) in [5.41, 5.74) is 0.711. The van der Waals surface area contributed by atoms with Gasteiger partial charge in [-0.15, -0.1) is 0 Å². The Morgan fingerprint density at radius 1 is 1.21 bits per heavy atom. The first-order valence-electron chi connectivity index (χ1n) is 5.86. The first-order chi connectivity index (χ1) is 9.24. The Bertz CT molecular complexity index is 777. The number of halogens is 1. The fraction of sp³-hybridized carbons (Fsp3) is 0.154. The van der Waals surface area contributed by atoms with Gasteiger partial charge in [-0.25, -0.2) is 4.98 Å². The molecule has 2 aromatic heterocycles. The highest BCUT2D eigenvalue weighted by atomic mass is 79.9. The molecule has 96 valence electrons. The van der Waals surface area contributed by atoms with Crippen LogP contribution in [0.4, 0.5) is 0 Å². The molecule has 19 heavy (non-hydrogen) atoms. The molecule has 0 radical (unpaired) electrons. The molecule has 6 heteroatoms. The molecule has 3 rings (SSSR count). The summed E-state index contributed by atoms with van der Waals surface area (Å²) in [6, 6.07) is 7.36. The molecule has 0 aliphatic carbocycles. The number of aryl methyl sites for hydroxylation is 2. The zero-order chi connectivity index (χ0) is 13.2. The molecule has 0 unspecified atom stereocenters. The van der Waals surface area contributed by atoms with Crippen LogP contribution in [0.2, 0.25) is 0 Å². The first-order valence-corrected chi connectivity index (χ1v) is 6.65. The Morgan fingerprint density at radius 3 is 2.84 bits per heavy atom. The van der Waals surface area contributed by atoms with E-state index >= 15 is 0 Å². The minimum atomic E-state index is -0.0168. The molecule has 0 N–H and O–H groups in total. The summed E-state index contributed by atoms with van der Waals surface area (Å²) in [7, 11) is 0. The van der Waals surface area contributed by atoms with E-state index in [-0.39, 0.29) is 5.56 Å². The van der Waals surface area contributed by atoms with Gasteiger partial charge in [-0.1, -0.05) is 12.1 Å². The number of hydrogen-bond donors (Lipinski definition) is 0. The van der Waals surface area contributed by atoms with E-state index in [1.807, 2.05) is 24.4 Å². The van der Waals surface area contributed by atoms with Crippen LogP contribution in [0.5, 0.6) is 0 Å². The second kappa shape index (κ2) is 4.97. The number of fused-ring (bicyclic) bond motifs is 1. The molecule has 0 atom stereocenters. The average Bonchev–Trinajstić information content (AvgIpc) is 2.84. The number of aromatic nitrogens is 4. The van der Waals surface area contributed by atoms with Crippen molar-refractivity contribution < 1.29 is 0 Å². The minimum absolute atomic E-state index is 0.0168. The standard InChI is InChI=1S/C13H11BrN4O/c14-10-7-16-18(8-10)6-5-17-9-15-12-4-2-1-3-11(12)13(17)19/h1-4,7-9H,5-6H2. The number of nitrogens with zero attached hydrogens (tertiary/aromatic N) is 4. The Hall–Kier alpha value is -1.95.